The summed E-state index contributed by atoms with van der Waals surface area (Å²) in [4.78, 5) is 2.24. The quantitative estimate of drug-likeness (QED) is 0.851. The molecule has 0 bridgehead atoms. The van der Waals surface area contributed by atoms with Crippen molar-refractivity contribution in [2.75, 3.05) is 18.5 Å². The van der Waals surface area contributed by atoms with Crippen molar-refractivity contribution >= 4 is 5.69 Å². The third-order valence-electron chi connectivity index (χ3n) is 4.18. The molecule has 2 N–H and O–H groups in total. The molecule has 1 aliphatic rings. The zero-order valence-corrected chi connectivity index (χ0v) is 10.6. The summed E-state index contributed by atoms with van der Waals surface area (Å²) in [5.41, 5.74) is 7.10. The van der Waals surface area contributed by atoms with E-state index in [1.165, 1.54) is 25.0 Å². The van der Waals surface area contributed by atoms with Crippen LogP contribution in [0.1, 0.15) is 26.2 Å². The molecule has 1 saturated carbocycles. The highest BCUT2D eigenvalue weighted by Crippen LogP contribution is 2.45. The van der Waals surface area contributed by atoms with Crippen LogP contribution in [0.3, 0.4) is 0 Å². The van der Waals surface area contributed by atoms with Crippen molar-refractivity contribution in [2.45, 2.75) is 31.7 Å². The van der Waals surface area contributed by atoms with E-state index < -0.39 is 0 Å². The standard InChI is InChI=1S/C14H21FN2/c1-3-14(10-16,11-4-5-11)17(2)13-8-6-12(15)7-9-13/h6-9,11H,3-5,10,16H2,1-2H3. The second-order valence-electron chi connectivity index (χ2n) is 4.97. The van der Waals surface area contributed by atoms with E-state index in [0.717, 1.165) is 12.1 Å². The van der Waals surface area contributed by atoms with Gasteiger partial charge in [-0.3, -0.25) is 0 Å². The van der Waals surface area contributed by atoms with Gasteiger partial charge in [0, 0.05) is 19.3 Å². The number of anilines is 1. The van der Waals surface area contributed by atoms with Crippen molar-refractivity contribution < 1.29 is 4.39 Å². The number of nitrogens with zero attached hydrogens (tertiary/aromatic N) is 1. The molecular formula is C14H21FN2. The summed E-state index contributed by atoms with van der Waals surface area (Å²) in [6, 6.07) is 6.68. The summed E-state index contributed by atoms with van der Waals surface area (Å²) in [5.74, 6) is 0.496. The molecule has 1 aromatic carbocycles. The van der Waals surface area contributed by atoms with E-state index in [1.54, 1.807) is 0 Å². The van der Waals surface area contributed by atoms with E-state index in [4.69, 9.17) is 5.73 Å². The van der Waals surface area contributed by atoms with Crippen molar-refractivity contribution in [1.82, 2.24) is 0 Å². The van der Waals surface area contributed by atoms with Gasteiger partial charge in [0.1, 0.15) is 5.82 Å². The first-order chi connectivity index (χ1) is 8.14. The van der Waals surface area contributed by atoms with Gasteiger partial charge in [-0.25, -0.2) is 4.39 Å². The van der Waals surface area contributed by atoms with Crippen LogP contribution in [0.15, 0.2) is 24.3 Å². The van der Waals surface area contributed by atoms with Gasteiger partial charge < -0.3 is 10.6 Å². The first kappa shape index (κ1) is 12.4. The number of nitrogens with two attached hydrogens (primary N) is 1. The number of hydrogen-bond acceptors (Lipinski definition) is 2. The van der Waals surface area contributed by atoms with Gasteiger partial charge in [-0.15, -0.1) is 0 Å². The van der Waals surface area contributed by atoms with E-state index in [0.29, 0.717) is 12.5 Å². The Hall–Kier alpha value is -1.09. The number of rotatable bonds is 5. The molecule has 0 saturated heterocycles. The van der Waals surface area contributed by atoms with Crippen LogP contribution in [0.25, 0.3) is 0 Å². The molecule has 0 amide bonds. The zero-order chi connectivity index (χ0) is 12.5. The molecule has 1 unspecified atom stereocenters. The molecule has 0 aliphatic heterocycles. The van der Waals surface area contributed by atoms with Crippen LogP contribution in [-0.2, 0) is 0 Å². The summed E-state index contributed by atoms with van der Waals surface area (Å²) in [6.07, 6.45) is 3.55. The normalized spacial score (nSPS) is 18.8. The maximum Gasteiger partial charge on any atom is 0.123 e. The lowest BCUT2D eigenvalue weighted by atomic mass is 9.88. The maximum absolute atomic E-state index is 12.9. The van der Waals surface area contributed by atoms with Crippen molar-refractivity contribution in [3.05, 3.63) is 30.1 Å². The fourth-order valence-electron chi connectivity index (χ4n) is 2.79. The Morgan fingerprint density at radius 3 is 2.35 bits per heavy atom. The Morgan fingerprint density at radius 1 is 1.35 bits per heavy atom. The molecular weight excluding hydrogens is 215 g/mol. The maximum atomic E-state index is 12.9. The Balaban J connectivity index is 2.27. The average molecular weight is 236 g/mol. The van der Waals surface area contributed by atoms with Crippen molar-refractivity contribution in [3.8, 4) is 0 Å². The van der Waals surface area contributed by atoms with Gasteiger partial charge in [-0.05, 0) is 49.4 Å². The van der Waals surface area contributed by atoms with Gasteiger partial charge >= 0.3 is 0 Å². The second-order valence-corrected chi connectivity index (χ2v) is 4.97. The lowest BCUT2D eigenvalue weighted by Gasteiger charge is -2.43. The highest BCUT2D eigenvalue weighted by molar-refractivity contribution is 5.49. The van der Waals surface area contributed by atoms with Crippen LogP contribution in [0.5, 0.6) is 0 Å². The van der Waals surface area contributed by atoms with Gasteiger partial charge in [-0.1, -0.05) is 6.92 Å². The Morgan fingerprint density at radius 2 is 1.94 bits per heavy atom. The van der Waals surface area contributed by atoms with E-state index in [2.05, 4.69) is 18.9 Å². The van der Waals surface area contributed by atoms with Gasteiger partial charge in [0.05, 0.1) is 5.54 Å². The largest absolute Gasteiger partial charge is 0.367 e. The SMILES string of the molecule is CCC(CN)(C1CC1)N(C)c1ccc(F)cc1. The van der Waals surface area contributed by atoms with E-state index in [9.17, 15) is 4.39 Å². The van der Waals surface area contributed by atoms with Gasteiger partial charge in [0.25, 0.3) is 0 Å². The molecule has 1 aliphatic carbocycles. The monoisotopic (exact) mass is 236 g/mol. The lowest BCUT2D eigenvalue weighted by Crippen LogP contribution is -2.54. The van der Waals surface area contributed by atoms with Gasteiger partial charge in [0.2, 0.25) is 0 Å². The first-order valence-corrected chi connectivity index (χ1v) is 6.33. The van der Waals surface area contributed by atoms with Crippen molar-refractivity contribution in [1.29, 1.82) is 0 Å². The number of likely N-dealkylation sites (N-methyl/N-ethyl adjacent to an activating group) is 1. The average Bonchev–Trinajstić information content (AvgIpc) is 3.17. The first-order valence-electron chi connectivity index (χ1n) is 6.33. The Bertz CT molecular complexity index is 366. The Labute approximate surface area is 103 Å². The van der Waals surface area contributed by atoms with E-state index in [-0.39, 0.29) is 11.4 Å². The topological polar surface area (TPSA) is 29.3 Å². The fourth-order valence-corrected chi connectivity index (χ4v) is 2.79. The van der Waals surface area contributed by atoms with Crippen molar-refractivity contribution in [3.63, 3.8) is 0 Å². The fraction of sp³-hybridized carbons (Fsp3) is 0.571. The van der Waals surface area contributed by atoms with Crippen LogP contribution >= 0.6 is 0 Å². The Kier molecular flexibility index (Phi) is 3.38. The highest BCUT2D eigenvalue weighted by atomic mass is 19.1. The number of halogens is 1. The van der Waals surface area contributed by atoms with E-state index in [1.807, 2.05) is 12.1 Å². The predicted octanol–water partition coefficient (Wildman–Crippen LogP) is 2.78. The number of hydrogen-bond donors (Lipinski definition) is 1. The molecule has 1 atom stereocenters. The predicted molar refractivity (Wildman–Crippen MR) is 69.6 cm³/mol. The van der Waals surface area contributed by atoms with Gasteiger partial charge in [-0.2, -0.15) is 0 Å². The summed E-state index contributed by atoms with van der Waals surface area (Å²) in [7, 11) is 2.07. The summed E-state index contributed by atoms with van der Waals surface area (Å²) < 4.78 is 12.9. The van der Waals surface area contributed by atoms with Crippen LogP contribution in [0, 0.1) is 11.7 Å². The zero-order valence-electron chi connectivity index (χ0n) is 10.6. The van der Waals surface area contributed by atoms with Crippen LogP contribution < -0.4 is 10.6 Å². The minimum Gasteiger partial charge on any atom is -0.367 e. The molecule has 17 heavy (non-hydrogen) atoms. The molecule has 1 fully saturated rings. The number of benzene rings is 1. The molecule has 0 heterocycles. The minimum atomic E-state index is -0.191. The minimum absolute atomic E-state index is 0.0395. The second kappa shape index (κ2) is 4.65. The molecule has 0 spiro atoms. The molecule has 2 nitrogen and oxygen atoms in total. The lowest BCUT2D eigenvalue weighted by molar-refractivity contribution is 0.349. The molecule has 1 aromatic rings. The van der Waals surface area contributed by atoms with Gasteiger partial charge in [0.15, 0.2) is 0 Å². The van der Waals surface area contributed by atoms with Crippen LogP contribution in [0.2, 0.25) is 0 Å². The molecule has 94 valence electrons. The third-order valence-corrected chi connectivity index (χ3v) is 4.18. The molecule has 0 radical (unpaired) electrons. The summed E-state index contributed by atoms with van der Waals surface area (Å²) in [6.45, 7) is 2.84. The highest BCUT2D eigenvalue weighted by Gasteiger charge is 2.45. The summed E-state index contributed by atoms with van der Waals surface area (Å²) in [5, 5.41) is 0. The third kappa shape index (κ3) is 2.16. The molecule has 2 rings (SSSR count). The van der Waals surface area contributed by atoms with Crippen molar-refractivity contribution in [2.24, 2.45) is 11.7 Å². The van der Waals surface area contributed by atoms with Crippen LogP contribution in [0.4, 0.5) is 10.1 Å². The van der Waals surface area contributed by atoms with Crippen LogP contribution in [-0.4, -0.2) is 19.1 Å². The molecule has 0 aromatic heterocycles. The summed E-state index contributed by atoms with van der Waals surface area (Å²) >= 11 is 0. The smallest absolute Gasteiger partial charge is 0.123 e. The molecule has 3 heteroatoms. The van der Waals surface area contributed by atoms with E-state index >= 15 is 0 Å².